The third kappa shape index (κ3) is 8.24. The number of urea groups is 1. The van der Waals surface area contributed by atoms with Gasteiger partial charge in [0.15, 0.2) is 0 Å². The molecule has 0 radical (unpaired) electrons. The number of carbonyl (C=O) groups excluding carboxylic acids is 3. The molecule has 0 saturated heterocycles. The lowest BCUT2D eigenvalue weighted by Crippen LogP contribution is -2.48. The zero-order valence-corrected chi connectivity index (χ0v) is 21.3. The Balaban J connectivity index is 1.80. The van der Waals surface area contributed by atoms with E-state index < -0.39 is 23.7 Å². The lowest BCUT2D eigenvalue weighted by atomic mass is 10.1. The van der Waals surface area contributed by atoms with Gasteiger partial charge in [0.05, 0.1) is 12.8 Å². The number of methoxy groups -OCH3 is 1. The van der Waals surface area contributed by atoms with Gasteiger partial charge in [-0.25, -0.2) is 19.4 Å². The summed E-state index contributed by atoms with van der Waals surface area (Å²) < 4.78 is 10.1. The van der Waals surface area contributed by atoms with Gasteiger partial charge in [-0.05, 0) is 56.2 Å². The number of thiophene rings is 1. The Morgan fingerprint density at radius 3 is 2.39 bits per heavy atom. The maximum absolute atomic E-state index is 12.5. The van der Waals surface area contributed by atoms with Crippen LogP contribution in [0.2, 0.25) is 0 Å². The average molecular weight is 509 g/mol. The smallest absolute Gasteiger partial charge is 0.414 e. The van der Waals surface area contributed by atoms with Gasteiger partial charge in [0.1, 0.15) is 10.5 Å². The molecule has 188 valence electrons. The van der Waals surface area contributed by atoms with Crippen molar-refractivity contribution in [1.29, 1.82) is 0 Å². The summed E-state index contributed by atoms with van der Waals surface area (Å²) in [6.45, 7) is 5.49. The number of esters is 1. The highest BCUT2D eigenvalue weighted by Crippen LogP contribution is 2.30. The van der Waals surface area contributed by atoms with Crippen LogP contribution in [0, 0.1) is 0 Å². The number of nitrogens with one attached hydrogen (secondary N) is 3. The third-order valence-electron chi connectivity index (χ3n) is 4.51. The van der Waals surface area contributed by atoms with Gasteiger partial charge >= 0.3 is 18.1 Å². The molecule has 3 aromatic rings. The number of hydrogen-bond acceptors (Lipinski definition) is 7. The fourth-order valence-electron chi connectivity index (χ4n) is 2.98. The Bertz CT molecular complexity index is 1250. The molecule has 0 aliphatic rings. The highest BCUT2D eigenvalue weighted by atomic mass is 32.1. The van der Waals surface area contributed by atoms with Gasteiger partial charge in [-0.1, -0.05) is 42.5 Å². The Kier molecular flexibility index (Phi) is 8.80. The van der Waals surface area contributed by atoms with Crippen molar-refractivity contribution in [2.24, 2.45) is 4.99 Å². The topological polar surface area (TPSA) is 118 Å². The predicted octanol–water partition coefficient (Wildman–Crippen LogP) is 5.21. The molecule has 0 saturated carbocycles. The molecule has 2 aromatic carbocycles. The highest BCUT2D eigenvalue weighted by molar-refractivity contribution is 7.17. The first kappa shape index (κ1) is 26.4. The van der Waals surface area contributed by atoms with E-state index in [4.69, 9.17) is 9.47 Å². The lowest BCUT2D eigenvalue weighted by molar-refractivity contribution is 0.0559. The standard InChI is InChI=1S/C26H28N4O5S/c1-26(2,3)35-25(33)30-23(29-24(32)27-16-17-9-6-5-7-10-17)28-19-12-8-11-18(15-19)20-13-14-21(36-20)22(31)34-4/h5-15H,16H2,1-4H3,(H3,27,28,29,30,32,33). The molecular weight excluding hydrogens is 480 g/mol. The summed E-state index contributed by atoms with van der Waals surface area (Å²) in [5.41, 5.74) is 1.46. The maximum Gasteiger partial charge on any atom is 0.414 e. The van der Waals surface area contributed by atoms with Crippen molar-refractivity contribution in [2.75, 3.05) is 7.11 Å². The van der Waals surface area contributed by atoms with Crippen molar-refractivity contribution in [3.63, 3.8) is 0 Å². The number of alkyl carbamates (subject to hydrolysis) is 1. The summed E-state index contributed by atoms with van der Waals surface area (Å²) in [5.74, 6) is -0.511. The van der Waals surface area contributed by atoms with Gasteiger partial charge in [0.25, 0.3) is 0 Å². The van der Waals surface area contributed by atoms with E-state index in [1.165, 1.54) is 18.4 Å². The summed E-state index contributed by atoms with van der Waals surface area (Å²) in [6.07, 6.45) is -0.762. The SMILES string of the molecule is COC(=O)c1ccc(-c2cccc(N=C(NC(=O)NCc3ccccc3)NC(=O)OC(C)(C)C)c2)s1. The molecule has 1 aromatic heterocycles. The molecule has 1 heterocycles. The van der Waals surface area contributed by atoms with Crippen LogP contribution in [0.4, 0.5) is 15.3 Å². The number of guanidine groups is 1. The number of amides is 3. The first-order chi connectivity index (χ1) is 17.1. The van der Waals surface area contributed by atoms with Crippen molar-refractivity contribution in [3.05, 3.63) is 77.2 Å². The summed E-state index contributed by atoms with van der Waals surface area (Å²) >= 11 is 1.29. The second-order valence-electron chi connectivity index (χ2n) is 8.59. The van der Waals surface area contributed by atoms with E-state index in [2.05, 4.69) is 20.9 Å². The second kappa shape index (κ2) is 12.0. The number of benzene rings is 2. The number of nitrogens with zero attached hydrogens (tertiary/aromatic N) is 1. The zero-order valence-electron chi connectivity index (χ0n) is 20.5. The molecule has 0 atom stereocenters. The average Bonchev–Trinajstić information content (AvgIpc) is 3.32. The Hall–Kier alpha value is -4.18. The van der Waals surface area contributed by atoms with E-state index in [-0.39, 0.29) is 5.96 Å². The van der Waals surface area contributed by atoms with E-state index in [1.54, 1.807) is 45.0 Å². The van der Waals surface area contributed by atoms with Crippen LogP contribution >= 0.6 is 11.3 Å². The lowest BCUT2D eigenvalue weighted by Gasteiger charge is -2.20. The Labute approximate surface area is 213 Å². The van der Waals surface area contributed by atoms with Crippen LogP contribution in [0.25, 0.3) is 10.4 Å². The summed E-state index contributed by atoms with van der Waals surface area (Å²) in [4.78, 5) is 42.4. The molecule has 3 N–H and O–H groups in total. The molecule has 9 nitrogen and oxygen atoms in total. The molecule has 0 unspecified atom stereocenters. The van der Waals surface area contributed by atoms with Crippen LogP contribution in [0.3, 0.4) is 0 Å². The number of carbonyl (C=O) groups is 3. The van der Waals surface area contributed by atoms with Gasteiger partial charge in [-0.2, -0.15) is 0 Å². The van der Waals surface area contributed by atoms with Gasteiger partial charge in [-0.3, -0.25) is 10.6 Å². The minimum absolute atomic E-state index is 0.103. The quantitative estimate of drug-likeness (QED) is 0.248. The summed E-state index contributed by atoms with van der Waals surface area (Å²) in [6, 6.07) is 19.5. The van der Waals surface area contributed by atoms with Crippen LogP contribution < -0.4 is 16.0 Å². The van der Waals surface area contributed by atoms with Gasteiger partial charge in [-0.15, -0.1) is 11.3 Å². The van der Waals surface area contributed by atoms with Gasteiger partial charge in [0, 0.05) is 11.4 Å². The molecule has 0 aliphatic carbocycles. The van der Waals surface area contributed by atoms with E-state index in [9.17, 15) is 14.4 Å². The number of ether oxygens (including phenoxy) is 2. The molecule has 0 fully saturated rings. The van der Waals surface area contributed by atoms with Gasteiger partial charge < -0.3 is 14.8 Å². The predicted molar refractivity (Wildman–Crippen MR) is 139 cm³/mol. The maximum atomic E-state index is 12.5. The largest absolute Gasteiger partial charge is 0.465 e. The molecule has 0 aliphatic heterocycles. The summed E-state index contributed by atoms with van der Waals surface area (Å²) in [7, 11) is 1.33. The van der Waals surface area contributed by atoms with Crippen LogP contribution in [-0.2, 0) is 16.0 Å². The molecule has 3 amide bonds. The van der Waals surface area contributed by atoms with Crippen molar-refractivity contribution in [2.45, 2.75) is 32.9 Å². The summed E-state index contributed by atoms with van der Waals surface area (Å²) in [5, 5.41) is 7.79. The first-order valence-corrected chi connectivity index (χ1v) is 11.9. The minimum Gasteiger partial charge on any atom is -0.465 e. The third-order valence-corrected chi connectivity index (χ3v) is 5.63. The number of aliphatic imine (C=N–C) groups is 1. The number of rotatable bonds is 5. The monoisotopic (exact) mass is 508 g/mol. The molecule has 0 spiro atoms. The molecule has 0 bridgehead atoms. The van der Waals surface area contributed by atoms with Crippen molar-refractivity contribution in [1.82, 2.24) is 16.0 Å². The van der Waals surface area contributed by atoms with E-state index in [1.807, 2.05) is 42.5 Å². The van der Waals surface area contributed by atoms with Crippen LogP contribution in [-0.4, -0.2) is 36.8 Å². The van der Waals surface area contributed by atoms with Crippen molar-refractivity contribution < 1.29 is 23.9 Å². The molecular formula is C26H28N4O5S. The van der Waals surface area contributed by atoms with Gasteiger partial charge in [0.2, 0.25) is 5.96 Å². The fraction of sp³-hybridized carbons (Fsp3) is 0.231. The van der Waals surface area contributed by atoms with Crippen LogP contribution in [0.1, 0.15) is 36.0 Å². The van der Waals surface area contributed by atoms with E-state index in [0.717, 1.165) is 16.0 Å². The van der Waals surface area contributed by atoms with E-state index in [0.29, 0.717) is 17.1 Å². The molecule has 10 heteroatoms. The zero-order chi connectivity index (χ0) is 26.1. The van der Waals surface area contributed by atoms with Crippen LogP contribution in [0.5, 0.6) is 0 Å². The number of hydrogen-bond donors (Lipinski definition) is 3. The minimum atomic E-state index is -0.762. The van der Waals surface area contributed by atoms with Crippen LogP contribution in [0.15, 0.2) is 71.7 Å². The van der Waals surface area contributed by atoms with Crippen molar-refractivity contribution in [3.8, 4) is 10.4 Å². The molecule has 3 rings (SSSR count). The fourth-order valence-corrected chi connectivity index (χ4v) is 3.90. The normalized spacial score (nSPS) is 11.4. The van der Waals surface area contributed by atoms with E-state index >= 15 is 0 Å². The Morgan fingerprint density at radius 1 is 0.944 bits per heavy atom. The second-order valence-corrected chi connectivity index (χ2v) is 9.67. The Morgan fingerprint density at radius 2 is 1.69 bits per heavy atom. The first-order valence-electron chi connectivity index (χ1n) is 11.1. The molecule has 36 heavy (non-hydrogen) atoms. The van der Waals surface area contributed by atoms with Crippen molar-refractivity contribution >= 4 is 41.1 Å². The highest BCUT2D eigenvalue weighted by Gasteiger charge is 2.19.